The molecule has 8 N–H and O–H groups in total. The molecular formula is C47H78O16. The molecule has 1 aliphatic rings. The summed E-state index contributed by atoms with van der Waals surface area (Å²) in [7, 11) is 2.65. The highest BCUT2D eigenvalue weighted by atomic mass is 16.7. The Kier molecular flexibility index (Phi) is 33.2. The summed E-state index contributed by atoms with van der Waals surface area (Å²) in [6.45, 7) is 2.78. The van der Waals surface area contributed by atoms with E-state index in [2.05, 4.69) is 4.74 Å². The predicted octanol–water partition coefficient (Wildman–Crippen LogP) is 3.57. The Balaban J connectivity index is 3.45. The number of esters is 2. The summed E-state index contributed by atoms with van der Waals surface area (Å²) in [4.78, 5) is 23.0. The van der Waals surface area contributed by atoms with Crippen LogP contribution in [0, 0.1) is 0 Å². The molecule has 1 heterocycles. The van der Waals surface area contributed by atoms with Gasteiger partial charge in [-0.1, -0.05) is 93.2 Å². The minimum Gasteiger partial charge on any atom is -0.469 e. The lowest BCUT2D eigenvalue weighted by atomic mass is 9.99. The van der Waals surface area contributed by atoms with Gasteiger partial charge in [0, 0.05) is 12.8 Å². The van der Waals surface area contributed by atoms with Crippen LogP contribution in [0.1, 0.15) is 104 Å². The molecule has 0 bridgehead atoms. The van der Waals surface area contributed by atoms with Crippen molar-refractivity contribution in [2.24, 2.45) is 0 Å². The fourth-order valence-electron chi connectivity index (χ4n) is 6.17. The summed E-state index contributed by atoms with van der Waals surface area (Å²) in [6.07, 6.45) is 14.4. The lowest BCUT2D eigenvalue weighted by Crippen LogP contribution is -2.59. The van der Waals surface area contributed by atoms with E-state index in [0.29, 0.717) is 38.5 Å². The Morgan fingerprint density at radius 1 is 0.714 bits per heavy atom. The van der Waals surface area contributed by atoms with E-state index < -0.39 is 86.6 Å². The van der Waals surface area contributed by atoms with Gasteiger partial charge in [0.05, 0.1) is 64.6 Å². The first-order valence-electron chi connectivity index (χ1n) is 22.3. The van der Waals surface area contributed by atoms with Gasteiger partial charge in [0.15, 0.2) is 6.29 Å². The summed E-state index contributed by atoms with van der Waals surface area (Å²) < 4.78 is 33.2. The van der Waals surface area contributed by atoms with Crippen LogP contribution in [0.3, 0.4) is 0 Å². The number of allylic oxidation sites excluding steroid dienone is 5. The zero-order valence-corrected chi connectivity index (χ0v) is 37.7. The highest BCUT2D eigenvalue weighted by Gasteiger charge is 2.44. The van der Waals surface area contributed by atoms with Crippen molar-refractivity contribution in [3.05, 3.63) is 72.9 Å². The molecule has 1 saturated heterocycles. The van der Waals surface area contributed by atoms with E-state index in [1.165, 1.54) is 26.4 Å². The van der Waals surface area contributed by atoms with Crippen LogP contribution < -0.4 is 0 Å². The van der Waals surface area contributed by atoms with E-state index in [0.717, 1.165) is 19.3 Å². The Bertz CT molecular complexity index is 1360. The standard InChI is InChI=1S/C47H78O16/c1-5-7-9-11-12-16-23-37(51)40(62-39(24-17-10-8-6-2)38(52)29-27-34(49)21-19-20-26-43(54)59-4)30-28-36(22-15-13-14-18-25-42(53)58-3)60-33-41-44(55)45(56)46(57)47(63-41)61-32-35(50)31-48/h7,9-10,12-13,15-17,27-30,34-41,44-52,55-57H,5-6,8,11,14,18-26,31-33H2,1-4H3/b9-7-,15-13-,16-12-,17-10-,29-27+,30-28+/t34-,35-,36+,37-,38+,39+,40+,41-,44+,45+,46-,47-/m1/s1. The van der Waals surface area contributed by atoms with E-state index in [-0.39, 0.29) is 50.6 Å². The quantitative estimate of drug-likeness (QED) is 0.0257. The van der Waals surface area contributed by atoms with Gasteiger partial charge in [-0.2, -0.15) is 0 Å². The summed E-state index contributed by atoms with van der Waals surface area (Å²) in [6, 6.07) is 0. The Labute approximate surface area is 374 Å². The topological polar surface area (TPSA) is 251 Å². The van der Waals surface area contributed by atoms with E-state index in [9.17, 15) is 45.3 Å². The molecule has 1 fully saturated rings. The third kappa shape index (κ3) is 26.5. The van der Waals surface area contributed by atoms with Crippen LogP contribution >= 0.6 is 0 Å². The van der Waals surface area contributed by atoms with Gasteiger partial charge in [-0.3, -0.25) is 9.59 Å². The second kappa shape index (κ2) is 36.2. The largest absolute Gasteiger partial charge is 0.469 e. The molecule has 0 saturated carbocycles. The van der Waals surface area contributed by atoms with Gasteiger partial charge in [-0.15, -0.1) is 0 Å². The molecule has 0 radical (unpaired) electrons. The molecule has 0 spiro atoms. The van der Waals surface area contributed by atoms with E-state index in [1.54, 1.807) is 12.2 Å². The van der Waals surface area contributed by atoms with Crippen LogP contribution in [0.2, 0.25) is 0 Å². The van der Waals surface area contributed by atoms with Crippen LogP contribution in [0.5, 0.6) is 0 Å². The fraction of sp³-hybridized carbons (Fsp3) is 0.702. The molecule has 12 atom stereocenters. The number of aliphatic hydroxyl groups is 8. The number of carbonyl (C=O) groups excluding carboxylic acids is 2. The molecule has 0 aromatic carbocycles. The lowest BCUT2D eigenvalue weighted by molar-refractivity contribution is -0.307. The van der Waals surface area contributed by atoms with Crippen LogP contribution in [-0.2, 0) is 38.0 Å². The average molecular weight is 899 g/mol. The lowest BCUT2D eigenvalue weighted by Gasteiger charge is -2.40. The van der Waals surface area contributed by atoms with Crippen LogP contribution in [0.4, 0.5) is 0 Å². The first-order valence-corrected chi connectivity index (χ1v) is 22.3. The molecule has 16 nitrogen and oxygen atoms in total. The van der Waals surface area contributed by atoms with Gasteiger partial charge in [-0.25, -0.2) is 0 Å². The van der Waals surface area contributed by atoms with Crippen molar-refractivity contribution < 1.29 is 78.9 Å². The van der Waals surface area contributed by atoms with Crippen LogP contribution in [0.15, 0.2) is 72.9 Å². The number of aliphatic hydroxyl groups excluding tert-OH is 8. The van der Waals surface area contributed by atoms with Crippen molar-refractivity contribution in [1.29, 1.82) is 0 Å². The number of carbonyl (C=O) groups is 2. The minimum absolute atomic E-state index is 0.212. The van der Waals surface area contributed by atoms with E-state index >= 15 is 0 Å². The SMILES string of the molecule is CC/C=C\C/C=C\C[C@@H](O)[C@H](/C=C/[C@H](C/C=C\CCCC(=O)OC)OC[C@H]1O[C@@H](OC[C@H](O)CO)[C@H](O)[C@@H](O)[C@H]1O)O[C@@H](C/C=C\CCC)[C@@H](O)/C=C/[C@H](O)CCCCC(=O)OC. The Hall–Kier alpha value is -3.10. The monoisotopic (exact) mass is 899 g/mol. The number of rotatable bonds is 35. The van der Waals surface area contributed by atoms with Crippen molar-refractivity contribution in [1.82, 2.24) is 0 Å². The molecule has 0 aromatic rings. The fourth-order valence-corrected chi connectivity index (χ4v) is 6.17. The maximum atomic E-state index is 11.6. The number of methoxy groups -OCH3 is 2. The van der Waals surface area contributed by atoms with Gasteiger partial charge in [0.2, 0.25) is 0 Å². The highest BCUT2D eigenvalue weighted by Crippen LogP contribution is 2.24. The molecule has 0 unspecified atom stereocenters. The predicted molar refractivity (Wildman–Crippen MR) is 237 cm³/mol. The van der Waals surface area contributed by atoms with Gasteiger partial charge in [0.1, 0.15) is 36.6 Å². The molecule has 362 valence electrons. The van der Waals surface area contributed by atoms with Gasteiger partial charge >= 0.3 is 11.9 Å². The zero-order valence-electron chi connectivity index (χ0n) is 37.7. The molecular weight excluding hydrogens is 821 g/mol. The van der Waals surface area contributed by atoms with Crippen molar-refractivity contribution in [3.8, 4) is 0 Å². The summed E-state index contributed by atoms with van der Waals surface area (Å²) in [5, 5.41) is 84.4. The van der Waals surface area contributed by atoms with Gasteiger partial charge in [0.25, 0.3) is 0 Å². The zero-order chi connectivity index (χ0) is 46.8. The molecule has 1 aliphatic heterocycles. The minimum atomic E-state index is -1.68. The third-order valence-corrected chi connectivity index (χ3v) is 10.0. The Morgan fingerprint density at radius 2 is 1.38 bits per heavy atom. The highest BCUT2D eigenvalue weighted by molar-refractivity contribution is 5.69. The second-order valence-electron chi connectivity index (χ2n) is 15.4. The summed E-state index contributed by atoms with van der Waals surface area (Å²) in [5.74, 6) is -0.642. The first-order chi connectivity index (χ1) is 30.3. The average Bonchev–Trinajstić information content (AvgIpc) is 3.28. The van der Waals surface area contributed by atoms with Crippen molar-refractivity contribution in [2.45, 2.75) is 177 Å². The summed E-state index contributed by atoms with van der Waals surface area (Å²) >= 11 is 0. The molecule has 0 aliphatic carbocycles. The van der Waals surface area contributed by atoms with Crippen molar-refractivity contribution >= 4 is 11.9 Å². The third-order valence-electron chi connectivity index (χ3n) is 10.0. The first kappa shape index (κ1) is 57.9. The molecule has 16 heteroatoms. The van der Waals surface area contributed by atoms with Gasteiger partial charge in [-0.05, 0) is 70.6 Å². The van der Waals surface area contributed by atoms with Crippen molar-refractivity contribution in [3.63, 3.8) is 0 Å². The normalized spacial score (nSPS) is 23.3. The maximum Gasteiger partial charge on any atom is 0.305 e. The number of unbranched alkanes of at least 4 members (excludes halogenated alkanes) is 3. The number of hydrogen-bond acceptors (Lipinski definition) is 16. The molecule has 63 heavy (non-hydrogen) atoms. The van der Waals surface area contributed by atoms with Gasteiger partial charge < -0.3 is 69.3 Å². The summed E-state index contributed by atoms with van der Waals surface area (Å²) in [5.41, 5.74) is 0. The molecule has 0 amide bonds. The van der Waals surface area contributed by atoms with Crippen molar-refractivity contribution in [2.75, 3.05) is 34.0 Å². The number of ether oxygens (including phenoxy) is 6. The molecule has 1 rings (SSSR count). The smallest absolute Gasteiger partial charge is 0.305 e. The molecule has 0 aromatic heterocycles. The number of hydrogen-bond donors (Lipinski definition) is 8. The van der Waals surface area contributed by atoms with E-state index in [1.807, 2.05) is 62.5 Å². The second-order valence-corrected chi connectivity index (χ2v) is 15.4. The van der Waals surface area contributed by atoms with E-state index in [4.69, 9.17) is 28.8 Å². The van der Waals surface area contributed by atoms with Crippen LogP contribution in [-0.4, -0.2) is 160 Å². The Morgan fingerprint density at radius 3 is 2.06 bits per heavy atom. The maximum absolute atomic E-state index is 11.6. The van der Waals surface area contributed by atoms with Crippen LogP contribution in [0.25, 0.3) is 0 Å².